The van der Waals surface area contributed by atoms with Gasteiger partial charge in [-0.15, -0.1) is 0 Å². The Bertz CT molecular complexity index is 6100. The topological polar surface area (TPSA) is 117 Å². The largest absolute Gasteiger partial charge is 0.416 e. The van der Waals surface area contributed by atoms with Crippen LogP contribution in [0, 0.1) is 24.5 Å². The maximum Gasteiger partial charge on any atom is 0.416 e. The van der Waals surface area contributed by atoms with Crippen LogP contribution in [0.1, 0.15) is 157 Å². The minimum absolute atomic E-state index is 0.00785. The number of carbonyl (C=O) groups excluding carboxylic acids is 2. The van der Waals surface area contributed by atoms with Crippen molar-refractivity contribution in [3.63, 3.8) is 0 Å². The van der Waals surface area contributed by atoms with E-state index >= 15 is 9.59 Å². The molecule has 10 rings (SSSR count). The van der Waals surface area contributed by atoms with Crippen molar-refractivity contribution in [3.05, 3.63) is 233 Å². The first-order valence-corrected chi connectivity index (χ1v) is 30.2. The Morgan fingerprint density at radius 2 is 1.04 bits per heavy atom. The van der Waals surface area contributed by atoms with Crippen LogP contribution in [-0.4, -0.2) is 102 Å². The third kappa shape index (κ3) is 19.0. The summed E-state index contributed by atoms with van der Waals surface area (Å²) in [5, 5.41) is -1.26. The van der Waals surface area contributed by atoms with Gasteiger partial charge in [0.15, 0.2) is 10.3 Å². The number of aromatic nitrogens is 4. The second-order valence-corrected chi connectivity index (χ2v) is 21.8. The minimum Gasteiger partial charge on any atom is -0.336 e. The molecule has 2 aliphatic rings. The highest BCUT2D eigenvalue weighted by Crippen LogP contribution is 2.35. The number of rotatable bonds is 26. The summed E-state index contributed by atoms with van der Waals surface area (Å²) in [6.07, 6.45) is -16.3. The molecule has 6 aromatic carbocycles. The van der Waals surface area contributed by atoms with Crippen LogP contribution in [0.3, 0.4) is 0 Å². The molecule has 2 amide bonds. The molecule has 0 fully saturated rings. The number of carbonyl (C=O) groups is 2. The molecule has 0 N–H and O–H groups in total. The number of alkyl halides is 6. The first-order chi connectivity index (χ1) is 61.3. The Kier molecular flexibility index (Phi) is 12.4. The molecule has 0 bridgehead atoms. The van der Waals surface area contributed by atoms with E-state index in [9.17, 15) is 55.7 Å². The number of likely N-dealkylation sites (N-methyl/N-ethyl adjacent to an activating group) is 2. The molecule has 96 heavy (non-hydrogen) atoms. The summed E-state index contributed by atoms with van der Waals surface area (Å²) in [4.78, 5) is 63.5. The fourth-order valence-electron chi connectivity index (χ4n) is 8.86. The van der Waals surface area contributed by atoms with E-state index in [0.717, 1.165) is 66.9 Å². The number of halogens is 8. The fraction of sp³-hybridized carbons (Fsp3) is 0.378. The number of benzene rings is 6. The number of fused-ring (bicyclic) bond motifs is 2. The van der Waals surface area contributed by atoms with Crippen molar-refractivity contribution >= 4 is 35.3 Å². The first kappa shape index (κ1) is 36.1. The average molecular weight is 1400 g/mol. The van der Waals surface area contributed by atoms with Crippen LogP contribution < -0.4 is 11.1 Å². The van der Waals surface area contributed by atoms with Gasteiger partial charge in [0.05, 0.1) is 42.7 Å². The zero-order valence-corrected chi connectivity index (χ0v) is 52.8. The monoisotopic (exact) mass is 1400 g/mol. The van der Waals surface area contributed by atoms with Crippen molar-refractivity contribution in [1.82, 2.24) is 38.7 Å². The molecule has 2 aromatic heterocycles. The van der Waals surface area contributed by atoms with Gasteiger partial charge in [-0.1, -0.05) is 149 Å². The SMILES string of the molecule is [2H]c1c([2H])c(CSc2nc(=O)c3c(n2CC(=O)N(C([2H])([2H])c2c([2H])c([2H])c(-c4c([2H])c([2H])c(C(F)(F)F)c([2H])c4[2H])c([2H])c2C)C([2H])([2H])C([2H])([2H])N(C([2H])([2H])C)C([2H])([2H])C)CCC3)c([2H])c([2H])c1F.[2H]c1c([2H])c(CSc2nc(=O)c3c(n2CC(=O)N(C([2H])([2H])c2ccc(-c4ccc(C(F)(F)F)cc4)cc2)C([2H])([2H])C([2H])([2H])N(C([2H])([2H])C)C([2H])([2H])C)C([2H])([2H])C([2H])(C)C3([2H])[2H])c([2H])c([2H])c1F. The highest BCUT2D eigenvalue weighted by molar-refractivity contribution is 7.98. The summed E-state index contributed by atoms with van der Waals surface area (Å²) in [6.45, 7) is -35.7. The van der Waals surface area contributed by atoms with Crippen molar-refractivity contribution in [1.29, 1.82) is 0 Å². The predicted molar refractivity (Wildman–Crippen MR) is 362 cm³/mol. The summed E-state index contributed by atoms with van der Waals surface area (Å²) in [5.74, 6) is -10.9. The van der Waals surface area contributed by atoms with E-state index in [2.05, 4.69) is 9.97 Å². The third-order valence-electron chi connectivity index (χ3n) is 13.5. The van der Waals surface area contributed by atoms with Crippen LogP contribution in [0.4, 0.5) is 35.1 Å². The summed E-state index contributed by atoms with van der Waals surface area (Å²) in [6, 6.07) is -9.80. The summed E-state index contributed by atoms with van der Waals surface area (Å²) >= 11 is 0.800. The molecule has 0 saturated heterocycles. The lowest BCUT2D eigenvalue weighted by Crippen LogP contribution is -2.40. The Morgan fingerprint density at radius 1 is 0.573 bits per heavy atom. The van der Waals surface area contributed by atoms with E-state index in [0.29, 0.717) is 44.0 Å². The number of hydrogen-bond acceptors (Lipinski definition) is 10. The van der Waals surface area contributed by atoms with E-state index in [1.165, 1.54) is 0 Å². The van der Waals surface area contributed by atoms with Gasteiger partial charge in [0.25, 0.3) is 11.1 Å². The minimum atomic E-state index is -5.42. The molecular weight excluding hydrogens is 1280 g/mol. The van der Waals surface area contributed by atoms with Crippen LogP contribution in [0.15, 0.2) is 159 Å². The summed E-state index contributed by atoms with van der Waals surface area (Å²) < 4.78 is 457. The fourth-order valence-corrected chi connectivity index (χ4v) is 10.6. The predicted octanol–water partition coefficient (Wildman–Crippen LogP) is 15.0. The van der Waals surface area contributed by atoms with Gasteiger partial charge in [0.1, 0.15) is 24.7 Å². The zero-order valence-electron chi connectivity index (χ0n) is 91.1. The smallest absolute Gasteiger partial charge is 0.336 e. The molecule has 1 unspecified atom stereocenters. The molecule has 8 aromatic rings. The number of nitrogens with zero attached hydrogens (tertiary/aromatic N) is 8. The molecule has 0 radical (unpaired) electrons. The molecule has 2 aliphatic carbocycles. The molecule has 0 spiro atoms. The van der Waals surface area contributed by atoms with Gasteiger partial charge < -0.3 is 28.7 Å². The van der Waals surface area contributed by atoms with Crippen LogP contribution in [0.2, 0.25) is 0 Å². The van der Waals surface area contributed by atoms with E-state index in [4.69, 9.17) is 43.9 Å². The van der Waals surface area contributed by atoms with E-state index in [-0.39, 0.29) is 63.2 Å². The van der Waals surface area contributed by atoms with Crippen LogP contribution in [-0.2, 0) is 85.1 Å². The van der Waals surface area contributed by atoms with Gasteiger partial charge in [-0.05, 0) is 169 Å². The number of amides is 2. The second-order valence-electron chi connectivity index (χ2n) is 20.0. The molecule has 508 valence electrons. The molecule has 0 saturated carbocycles. The maximum absolute atomic E-state index is 15.1. The van der Waals surface area contributed by atoms with Crippen molar-refractivity contribution < 1.29 is 99.5 Å². The van der Waals surface area contributed by atoms with Crippen LogP contribution in [0.5, 0.6) is 0 Å². The molecule has 22 heteroatoms. The standard InChI is InChI=1S/2C37H40F4N4O2S/c1-4-43(5-2)18-19-44(22-26-6-10-28(11-7-26)29-12-14-30(15-13-29)37(39,40)41)34(46)23-45-33-21-25(3)20-32(33)35(47)42-36(45)48-24-27-8-16-31(38)17-9-27;1-4-43(5-2)19-20-44(22-29-12-11-28(21-25(29)3)27-13-15-30(16-14-27)37(39,40)41)34(46)23-45-33-8-6-7-32(33)35(47)42-36(45)48-24-26-9-17-31(38)18-10-26/h6-17,25H,4-5,18-24H2,1-3H3;9-18,21H,4-8,19-20,22-24H2,1-3H3/i4D2,5D2,8D,9D,16D,17D,18D2,19D2,20D2,21D2,22D2,25D;4D2,5D2,9D,10D,11D,12D,13D,14D,15D,16D,17D,18D,19D2,20D2,21D,22D2. The Morgan fingerprint density at radius 3 is 1.54 bits per heavy atom. The van der Waals surface area contributed by atoms with Gasteiger partial charge in [-0.2, -0.15) is 36.3 Å². The molecular formula is C74H80F8N8O4S2. The number of thioether (sulfide) groups is 2. The highest BCUT2D eigenvalue weighted by Gasteiger charge is 2.33. The van der Waals surface area contributed by atoms with Gasteiger partial charge in [-0.25, -0.2) is 8.78 Å². The van der Waals surface area contributed by atoms with Gasteiger partial charge in [0.2, 0.25) is 11.8 Å². The lowest BCUT2D eigenvalue weighted by molar-refractivity contribution is -0.138. The number of hydrogen-bond donors (Lipinski definition) is 0. The van der Waals surface area contributed by atoms with Crippen molar-refractivity contribution in [3.8, 4) is 22.3 Å². The van der Waals surface area contributed by atoms with E-state index in [1.54, 1.807) is 0 Å². The molecule has 12 nitrogen and oxygen atoms in total. The average Bonchev–Trinajstić information content (AvgIpc) is 1.41. The van der Waals surface area contributed by atoms with Crippen molar-refractivity contribution in [2.45, 2.75) is 134 Å². The van der Waals surface area contributed by atoms with E-state index in [1.807, 2.05) is 0 Å². The van der Waals surface area contributed by atoms with Crippen molar-refractivity contribution in [2.24, 2.45) is 5.89 Å². The molecule has 2 heterocycles. The third-order valence-corrected chi connectivity index (χ3v) is 15.5. The lowest BCUT2D eigenvalue weighted by Gasteiger charge is -2.28. The molecule has 0 aliphatic heterocycles. The quantitative estimate of drug-likeness (QED) is 0.0295. The second kappa shape index (κ2) is 32.9. The van der Waals surface area contributed by atoms with Crippen molar-refractivity contribution in [2.75, 3.05) is 52.0 Å². The normalized spacial score (nSPS) is 23.0. The van der Waals surface area contributed by atoms with Gasteiger partial charge >= 0.3 is 12.4 Å². The Hall–Kier alpha value is -7.92. The van der Waals surface area contributed by atoms with Crippen LogP contribution in [0.25, 0.3) is 22.3 Å². The van der Waals surface area contributed by atoms with Gasteiger partial charge in [0, 0.05) is 96.3 Å². The summed E-state index contributed by atoms with van der Waals surface area (Å²) in [7, 11) is 0. The lowest BCUT2D eigenvalue weighted by atomic mass is 9.98. The zero-order chi connectivity index (χ0) is 104. The van der Waals surface area contributed by atoms with E-state index < -0.39 is 327 Å². The highest BCUT2D eigenvalue weighted by atomic mass is 32.2. The van der Waals surface area contributed by atoms with Gasteiger partial charge in [-0.3, -0.25) is 19.2 Å². The Balaban J connectivity index is 0.000000305. The Labute approximate surface area is 620 Å². The summed E-state index contributed by atoms with van der Waals surface area (Å²) in [5.41, 5.74) is -12.9. The van der Waals surface area contributed by atoms with Crippen LogP contribution >= 0.6 is 23.5 Å². The first-order valence-electron chi connectivity index (χ1n) is 48.2. The maximum atomic E-state index is 15.1. The molecule has 1 atom stereocenters.